The van der Waals surface area contributed by atoms with Crippen LogP contribution < -0.4 is 10.2 Å². The van der Waals surface area contributed by atoms with Crippen LogP contribution in [0.15, 0.2) is 42.6 Å². The smallest absolute Gasteiger partial charge is 0.256 e. The summed E-state index contributed by atoms with van der Waals surface area (Å²) in [6.45, 7) is 3.82. The van der Waals surface area contributed by atoms with Gasteiger partial charge in [-0.2, -0.15) is 10.1 Å². The fraction of sp³-hybridized carbons (Fsp3) is 0.238. The van der Waals surface area contributed by atoms with E-state index in [4.69, 9.17) is 16.6 Å². The summed E-state index contributed by atoms with van der Waals surface area (Å²) < 4.78 is 15.9. The molecule has 1 amide bonds. The number of aromatic nitrogens is 5. The van der Waals surface area contributed by atoms with Gasteiger partial charge in [0.25, 0.3) is 5.91 Å². The molecule has 0 unspecified atom stereocenters. The van der Waals surface area contributed by atoms with Gasteiger partial charge in [-0.15, -0.1) is 5.10 Å². The van der Waals surface area contributed by atoms with Crippen LogP contribution in [0.4, 0.5) is 22.0 Å². The first-order chi connectivity index (χ1) is 15.5. The zero-order chi connectivity index (χ0) is 22.2. The Kier molecular flexibility index (Phi) is 5.14. The van der Waals surface area contributed by atoms with Gasteiger partial charge in [-0.3, -0.25) is 9.89 Å². The first kappa shape index (κ1) is 20.3. The van der Waals surface area contributed by atoms with Gasteiger partial charge in [-0.05, 0) is 37.3 Å². The monoisotopic (exact) mass is 454 g/mol. The van der Waals surface area contributed by atoms with Crippen molar-refractivity contribution in [3.8, 4) is 0 Å². The number of carbonyl (C=O) groups is 1. The van der Waals surface area contributed by atoms with E-state index in [2.05, 4.69) is 20.6 Å². The predicted octanol–water partition coefficient (Wildman–Crippen LogP) is 3.26. The van der Waals surface area contributed by atoms with Gasteiger partial charge < -0.3 is 15.1 Å². The Labute approximate surface area is 187 Å². The summed E-state index contributed by atoms with van der Waals surface area (Å²) in [5.41, 5.74) is 1.78. The molecule has 4 heterocycles. The van der Waals surface area contributed by atoms with Gasteiger partial charge in [0.1, 0.15) is 11.3 Å². The Morgan fingerprint density at radius 1 is 1.19 bits per heavy atom. The molecule has 9 nitrogen and oxygen atoms in total. The van der Waals surface area contributed by atoms with Crippen molar-refractivity contribution in [2.24, 2.45) is 0 Å². The molecule has 1 aliphatic rings. The number of aryl methyl sites for hydroxylation is 1. The molecule has 1 saturated heterocycles. The Balaban J connectivity index is 1.34. The van der Waals surface area contributed by atoms with Gasteiger partial charge >= 0.3 is 0 Å². The number of aromatic amines is 1. The largest absolute Gasteiger partial charge is 0.336 e. The SMILES string of the molecule is Cc1cc(Nc2nc(N3CCN(C(=O)c4ccc(Cl)cc4F)CC3)nn3cccc23)n[nH]1. The van der Waals surface area contributed by atoms with Crippen LogP contribution in [0, 0.1) is 12.7 Å². The molecular formula is C21H20ClFN8O. The van der Waals surface area contributed by atoms with Gasteiger partial charge in [0.05, 0.1) is 5.56 Å². The standard InChI is InChI=1S/C21H20ClFN8O/c1-13-11-18(27-26-13)24-19-17-3-2-6-31(17)28-21(25-19)30-9-7-29(8-10-30)20(32)15-5-4-14(22)12-16(15)23/h2-6,11-12H,7-10H2,1H3,(H2,24,25,26,27,28). The molecule has 0 aliphatic carbocycles. The highest BCUT2D eigenvalue weighted by atomic mass is 35.5. The molecule has 5 rings (SSSR count). The van der Waals surface area contributed by atoms with E-state index in [1.54, 1.807) is 9.42 Å². The number of fused-ring (bicyclic) bond motifs is 1. The Hall–Kier alpha value is -3.66. The number of benzene rings is 1. The van der Waals surface area contributed by atoms with Crippen LogP contribution in [-0.2, 0) is 0 Å². The molecule has 4 aromatic rings. The number of carbonyl (C=O) groups excluding carboxylic acids is 1. The lowest BCUT2D eigenvalue weighted by atomic mass is 10.1. The molecule has 164 valence electrons. The van der Waals surface area contributed by atoms with Crippen LogP contribution in [0.25, 0.3) is 5.52 Å². The number of nitrogens with one attached hydrogen (secondary N) is 2. The molecule has 0 bridgehead atoms. The van der Waals surface area contributed by atoms with Gasteiger partial charge in [-0.25, -0.2) is 8.91 Å². The Morgan fingerprint density at radius 2 is 2.00 bits per heavy atom. The van der Waals surface area contributed by atoms with Crippen LogP contribution in [-0.4, -0.2) is 61.8 Å². The van der Waals surface area contributed by atoms with Crippen LogP contribution >= 0.6 is 11.6 Å². The minimum absolute atomic E-state index is 0.0219. The first-order valence-corrected chi connectivity index (χ1v) is 10.5. The van der Waals surface area contributed by atoms with E-state index >= 15 is 0 Å². The zero-order valence-electron chi connectivity index (χ0n) is 17.2. The second-order valence-corrected chi connectivity index (χ2v) is 8.00. The normalized spacial score (nSPS) is 14.2. The highest BCUT2D eigenvalue weighted by Crippen LogP contribution is 2.23. The third-order valence-electron chi connectivity index (χ3n) is 5.34. The molecule has 3 aromatic heterocycles. The van der Waals surface area contributed by atoms with Crippen LogP contribution in [0.2, 0.25) is 5.02 Å². The van der Waals surface area contributed by atoms with Crippen molar-refractivity contribution in [2.75, 3.05) is 36.4 Å². The van der Waals surface area contributed by atoms with Gasteiger partial charge in [0, 0.05) is 49.2 Å². The summed E-state index contributed by atoms with van der Waals surface area (Å²) >= 11 is 5.79. The average Bonchev–Trinajstić information content (AvgIpc) is 3.42. The minimum Gasteiger partial charge on any atom is -0.336 e. The summed E-state index contributed by atoms with van der Waals surface area (Å²) in [7, 11) is 0. The van der Waals surface area contributed by atoms with Crippen molar-refractivity contribution in [1.82, 2.24) is 29.7 Å². The topological polar surface area (TPSA) is 94.5 Å². The van der Waals surface area contributed by atoms with Crippen molar-refractivity contribution in [3.63, 3.8) is 0 Å². The van der Waals surface area contributed by atoms with Gasteiger partial charge in [0.2, 0.25) is 5.95 Å². The number of anilines is 3. The fourth-order valence-electron chi connectivity index (χ4n) is 3.70. The highest BCUT2D eigenvalue weighted by molar-refractivity contribution is 6.30. The molecule has 1 fully saturated rings. The molecule has 0 radical (unpaired) electrons. The van der Waals surface area contributed by atoms with Crippen LogP contribution in [0.3, 0.4) is 0 Å². The summed E-state index contributed by atoms with van der Waals surface area (Å²) in [5.74, 6) is 0.865. The molecule has 11 heteroatoms. The Morgan fingerprint density at radius 3 is 2.72 bits per heavy atom. The Bertz CT molecular complexity index is 1290. The zero-order valence-corrected chi connectivity index (χ0v) is 18.0. The molecule has 0 saturated carbocycles. The van der Waals surface area contributed by atoms with Crippen molar-refractivity contribution < 1.29 is 9.18 Å². The average molecular weight is 455 g/mol. The lowest BCUT2D eigenvalue weighted by Crippen LogP contribution is -2.49. The van der Waals surface area contributed by atoms with E-state index in [0.29, 0.717) is 43.8 Å². The second kappa shape index (κ2) is 8.12. The number of halogens is 2. The lowest BCUT2D eigenvalue weighted by Gasteiger charge is -2.34. The van der Waals surface area contributed by atoms with E-state index in [9.17, 15) is 9.18 Å². The summed E-state index contributed by atoms with van der Waals surface area (Å²) in [6.07, 6.45) is 1.85. The molecule has 0 atom stereocenters. The molecule has 1 aromatic carbocycles. The number of amides is 1. The molecule has 32 heavy (non-hydrogen) atoms. The fourth-order valence-corrected chi connectivity index (χ4v) is 3.85. The second-order valence-electron chi connectivity index (χ2n) is 7.56. The number of piperazine rings is 1. The van der Waals surface area contributed by atoms with Crippen molar-refractivity contribution in [2.45, 2.75) is 6.92 Å². The maximum absolute atomic E-state index is 14.2. The van der Waals surface area contributed by atoms with Crippen molar-refractivity contribution in [3.05, 3.63) is 64.7 Å². The van der Waals surface area contributed by atoms with E-state index in [1.807, 2.05) is 36.2 Å². The highest BCUT2D eigenvalue weighted by Gasteiger charge is 2.26. The number of rotatable bonds is 4. The molecular weight excluding hydrogens is 435 g/mol. The molecule has 0 spiro atoms. The predicted molar refractivity (Wildman–Crippen MR) is 119 cm³/mol. The third kappa shape index (κ3) is 3.84. The first-order valence-electron chi connectivity index (χ1n) is 10.1. The number of nitrogens with zero attached hydrogens (tertiary/aromatic N) is 6. The van der Waals surface area contributed by atoms with E-state index < -0.39 is 5.82 Å². The van der Waals surface area contributed by atoms with Crippen LogP contribution in [0.5, 0.6) is 0 Å². The maximum Gasteiger partial charge on any atom is 0.256 e. The van der Waals surface area contributed by atoms with Crippen molar-refractivity contribution >= 4 is 40.6 Å². The number of H-pyrrole nitrogens is 1. The van der Waals surface area contributed by atoms with E-state index in [1.165, 1.54) is 12.1 Å². The summed E-state index contributed by atoms with van der Waals surface area (Å²) in [4.78, 5) is 21.1. The van der Waals surface area contributed by atoms with Crippen molar-refractivity contribution in [1.29, 1.82) is 0 Å². The maximum atomic E-state index is 14.2. The van der Waals surface area contributed by atoms with E-state index in [-0.39, 0.29) is 16.5 Å². The summed E-state index contributed by atoms with van der Waals surface area (Å²) in [5, 5.41) is 15.2. The number of hydrogen-bond acceptors (Lipinski definition) is 6. The molecule has 2 N–H and O–H groups in total. The van der Waals surface area contributed by atoms with E-state index in [0.717, 1.165) is 17.3 Å². The third-order valence-corrected chi connectivity index (χ3v) is 5.58. The van der Waals surface area contributed by atoms with Gasteiger partial charge in [0.15, 0.2) is 11.6 Å². The minimum atomic E-state index is -0.615. The van der Waals surface area contributed by atoms with Gasteiger partial charge in [-0.1, -0.05) is 11.6 Å². The lowest BCUT2D eigenvalue weighted by molar-refractivity contribution is 0.0741. The number of hydrogen-bond donors (Lipinski definition) is 2. The van der Waals surface area contributed by atoms with Crippen LogP contribution in [0.1, 0.15) is 16.1 Å². The quantitative estimate of drug-likeness (QED) is 0.491. The molecule has 1 aliphatic heterocycles. The summed E-state index contributed by atoms with van der Waals surface area (Å²) in [6, 6.07) is 9.80.